The molecule has 3 nitrogen and oxygen atoms in total. The number of rotatable bonds is 2. The lowest BCUT2D eigenvalue weighted by Gasteiger charge is -1.51. The van der Waals surface area contributed by atoms with Crippen LogP contribution in [0.5, 0.6) is 0 Å². The first-order chi connectivity index (χ1) is 2.41. The first-order valence-corrected chi connectivity index (χ1v) is 1.89. The van der Waals surface area contributed by atoms with Gasteiger partial charge in [0.05, 0.1) is 0 Å². The summed E-state index contributed by atoms with van der Waals surface area (Å²) in [5.74, 6) is 0. The van der Waals surface area contributed by atoms with Crippen molar-refractivity contribution in [2.24, 2.45) is 0 Å². The Morgan fingerprint density at radius 3 is 2.40 bits per heavy atom. The Morgan fingerprint density at radius 2 is 2.40 bits per heavy atom. The van der Waals surface area contributed by atoms with Gasteiger partial charge in [0, 0.05) is 0 Å². The average Bonchev–Trinajstić information content (AvgIpc) is 1.41. The van der Waals surface area contributed by atoms with Gasteiger partial charge in [-0.25, -0.2) is 0 Å². The Kier molecular flexibility index (Phi) is 3.26. The fourth-order valence-corrected chi connectivity index (χ4v) is 0.0722. The zero-order chi connectivity index (χ0) is 4.12. The number of carbonyl (C=O) groups excluding carboxylic acids is 1. The van der Waals surface area contributed by atoms with E-state index in [2.05, 4.69) is 0 Å². The lowest BCUT2D eigenvalue weighted by molar-refractivity contribution is -0.108. The topological polar surface area (TPSA) is 46.2 Å². The SMILES string of the molecule is O=CN[PH+]=O. The van der Waals surface area contributed by atoms with E-state index < -0.39 is 8.61 Å². The molecular formula is CH3NO2P+. The van der Waals surface area contributed by atoms with Gasteiger partial charge in [0.15, 0.2) is 0 Å². The van der Waals surface area contributed by atoms with Gasteiger partial charge in [-0.1, -0.05) is 0 Å². The normalized spacial score (nSPS) is 7.20. The van der Waals surface area contributed by atoms with Crippen LogP contribution in [-0.4, -0.2) is 6.41 Å². The summed E-state index contributed by atoms with van der Waals surface area (Å²) < 4.78 is 9.22. The van der Waals surface area contributed by atoms with Crippen molar-refractivity contribution in [2.45, 2.75) is 0 Å². The first kappa shape index (κ1) is 4.57. The summed E-state index contributed by atoms with van der Waals surface area (Å²) in [5.41, 5.74) is 0. The minimum Gasteiger partial charge on any atom is -0.275 e. The lowest BCUT2D eigenvalue weighted by atomic mass is 11.5. The maximum atomic E-state index is 9.22. The van der Waals surface area contributed by atoms with E-state index in [-0.39, 0.29) is 0 Å². The number of carbonyl (C=O) groups is 1. The Balaban J connectivity index is 2.65. The highest BCUT2D eigenvalue weighted by molar-refractivity contribution is 7.22. The molecule has 0 rings (SSSR count). The third-order valence-electron chi connectivity index (χ3n) is 0.118. The van der Waals surface area contributed by atoms with E-state index in [9.17, 15) is 4.57 Å². The molecule has 28 valence electrons. The van der Waals surface area contributed by atoms with E-state index >= 15 is 0 Å². The second-order valence-electron chi connectivity index (χ2n) is 0.364. The molecule has 0 aromatic heterocycles. The summed E-state index contributed by atoms with van der Waals surface area (Å²) in [6.07, 6.45) is 0.380. The quantitative estimate of drug-likeness (QED) is 0.374. The highest BCUT2D eigenvalue weighted by Gasteiger charge is 1.71. The van der Waals surface area contributed by atoms with Gasteiger partial charge >= 0.3 is 8.61 Å². The smallest absolute Gasteiger partial charge is 0.275 e. The predicted molar refractivity (Wildman–Crippen MR) is 18.2 cm³/mol. The van der Waals surface area contributed by atoms with E-state index in [1.807, 2.05) is 5.09 Å². The van der Waals surface area contributed by atoms with Gasteiger partial charge in [0.2, 0.25) is 6.41 Å². The van der Waals surface area contributed by atoms with Crippen LogP contribution in [0.25, 0.3) is 0 Å². The van der Waals surface area contributed by atoms with Gasteiger partial charge in [-0.3, -0.25) is 4.79 Å². The number of nitrogens with one attached hydrogen (secondary N) is 1. The van der Waals surface area contributed by atoms with Crippen molar-refractivity contribution >= 4 is 15.0 Å². The zero-order valence-corrected chi connectivity index (χ0v) is 3.39. The van der Waals surface area contributed by atoms with Crippen molar-refractivity contribution in [1.29, 1.82) is 0 Å². The van der Waals surface area contributed by atoms with Crippen molar-refractivity contribution < 1.29 is 9.36 Å². The minimum absolute atomic E-state index is 0.380. The summed E-state index contributed by atoms with van der Waals surface area (Å²) in [6, 6.07) is 0. The summed E-state index contributed by atoms with van der Waals surface area (Å²) in [7, 11) is -0.710. The highest BCUT2D eigenvalue weighted by Crippen LogP contribution is 1.69. The van der Waals surface area contributed by atoms with Crippen molar-refractivity contribution in [2.75, 3.05) is 0 Å². The van der Waals surface area contributed by atoms with Crippen LogP contribution >= 0.6 is 8.61 Å². The van der Waals surface area contributed by atoms with Crippen LogP contribution < -0.4 is 5.09 Å². The van der Waals surface area contributed by atoms with Crippen molar-refractivity contribution in [1.82, 2.24) is 5.09 Å². The Labute approximate surface area is 30.6 Å². The molecule has 0 bridgehead atoms. The van der Waals surface area contributed by atoms with Gasteiger partial charge < -0.3 is 0 Å². The average molecular weight is 92.0 g/mol. The molecule has 5 heavy (non-hydrogen) atoms. The molecule has 1 amide bonds. The molecule has 0 saturated carbocycles. The third kappa shape index (κ3) is 3.57. The number of amides is 1. The Bertz CT molecular complexity index is 38.9. The van der Waals surface area contributed by atoms with Crippen LogP contribution in [0.3, 0.4) is 0 Å². The van der Waals surface area contributed by atoms with Crippen LogP contribution in [0.15, 0.2) is 0 Å². The zero-order valence-electron chi connectivity index (χ0n) is 2.39. The Hall–Kier alpha value is -0.430. The second kappa shape index (κ2) is 3.57. The molecule has 1 N–H and O–H groups in total. The molecule has 4 heteroatoms. The molecule has 0 radical (unpaired) electrons. The van der Waals surface area contributed by atoms with E-state index in [0.717, 1.165) is 0 Å². The molecular weight excluding hydrogens is 89.0 g/mol. The fourth-order valence-electron chi connectivity index (χ4n) is 0.0241. The lowest BCUT2D eigenvalue weighted by Crippen LogP contribution is -1.88. The van der Waals surface area contributed by atoms with E-state index in [1.165, 1.54) is 0 Å². The van der Waals surface area contributed by atoms with Gasteiger partial charge in [-0.2, -0.15) is 0 Å². The monoisotopic (exact) mass is 92.0 g/mol. The second-order valence-corrected chi connectivity index (χ2v) is 0.857. The molecule has 0 spiro atoms. The third-order valence-corrected chi connectivity index (χ3v) is 0.354. The largest absolute Gasteiger partial charge is 0.448 e. The van der Waals surface area contributed by atoms with Crippen LogP contribution in [0.2, 0.25) is 0 Å². The van der Waals surface area contributed by atoms with Crippen LogP contribution in [-0.2, 0) is 9.36 Å². The molecule has 1 atom stereocenters. The summed E-state index contributed by atoms with van der Waals surface area (Å²) in [5, 5.41) is 1.90. The molecule has 0 fully saturated rings. The summed E-state index contributed by atoms with van der Waals surface area (Å²) >= 11 is 0. The van der Waals surface area contributed by atoms with Crippen LogP contribution in [0.4, 0.5) is 0 Å². The van der Waals surface area contributed by atoms with Gasteiger partial charge in [0.1, 0.15) is 0 Å². The molecule has 0 aliphatic carbocycles. The van der Waals surface area contributed by atoms with Gasteiger partial charge in [-0.15, -0.1) is 5.09 Å². The summed E-state index contributed by atoms with van der Waals surface area (Å²) in [4.78, 5) is 9.10. The molecule has 0 aromatic carbocycles. The maximum absolute atomic E-state index is 9.22. The standard InChI is InChI=1S/CH2NO2P/c3-1-2-5-4/h1H,(H,2,3,4)/p+1. The minimum atomic E-state index is -0.710. The van der Waals surface area contributed by atoms with Crippen LogP contribution in [0, 0.1) is 0 Å². The van der Waals surface area contributed by atoms with Crippen molar-refractivity contribution in [3.05, 3.63) is 0 Å². The van der Waals surface area contributed by atoms with Crippen LogP contribution in [0.1, 0.15) is 0 Å². The van der Waals surface area contributed by atoms with Crippen molar-refractivity contribution in [3.63, 3.8) is 0 Å². The number of hydrogen-bond acceptors (Lipinski definition) is 2. The molecule has 0 aliphatic rings. The predicted octanol–water partition coefficient (Wildman–Crippen LogP) is -0.329. The van der Waals surface area contributed by atoms with Gasteiger partial charge in [0.25, 0.3) is 0 Å². The molecule has 0 heterocycles. The van der Waals surface area contributed by atoms with Gasteiger partial charge in [-0.05, 0) is 4.57 Å². The van der Waals surface area contributed by atoms with E-state index in [0.29, 0.717) is 6.41 Å². The molecule has 0 aliphatic heterocycles. The summed E-state index contributed by atoms with van der Waals surface area (Å²) in [6.45, 7) is 0. The van der Waals surface area contributed by atoms with E-state index in [4.69, 9.17) is 4.79 Å². The van der Waals surface area contributed by atoms with Crippen molar-refractivity contribution in [3.8, 4) is 0 Å². The van der Waals surface area contributed by atoms with E-state index in [1.54, 1.807) is 0 Å². The molecule has 1 unspecified atom stereocenters. The fraction of sp³-hybridized carbons (Fsp3) is 0. The Morgan fingerprint density at radius 1 is 1.80 bits per heavy atom. The molecule has 0 saturated heterocycles. The highest BCUT2D eigenvalue weighted by atomic mass is 31.1. The number of hydrogen-bond donors (Lipinski definition) is 1. The maximum Gasteiger partial charge on any atom is 0.448 e. The first-order valence-electron chi connectivity index (χ1n) is 0.979. The molecule has 0 aromatic rings.